The maximum absolute atomic E-state index is 12.9. The fourth-order valence-electron chi connectivity index (χ4n) is 4.35. The van der Waals surface area contributed by atoms with Crippen molar-refractivity contribution in [1.29, 1.82) is 0 Å². The van der Waals surface area contributed by atoms with Crippen molar-refractivity contribution in [3.05, 3.63) is 65.7 Å². The maximum Gasteiger partial charge on any atom is 0.325 e. The van der Waals surface area contributed by atoms with E-state index in [1.54, 1.807) is 0 Å². The van der Waals surface area contributed by atoms with E-state index in [-0.39, 0.29) is 23.6 Å². The minimum Gasteiger partial charge on any atom is -0.425 e. The van der Waals surface area contributed by atoms with Gasteiger partial charge in [0.25, 0.3) is 0 Å². The van der Waals surface area contributed by atoms with Crippen molar-refractivity contribution < 1.29 is 14.3 Å². The third-order valence-corrected chi connectivity index (χ3v) is 5.50. The molecule has 0 unspecified atom stereocenters. The Kier molecular flexibility index (Phi) is 3.52. The van der Waals surface area contributed by atoms with Crippen LogP contribution in [0.4, 0.5) is 0 Å². The highest BCUT2D eigenvalue weighted by molar-refractivity contribution is 6.08. The van der Waals surface area contributed by atoms with E-state index in [2.05, 4.69) is 12.1 Å². The van der Waals surface area contributed by atoms with Gasteiger partial charge in [0.2, 0.25) is 0 Å². The average Bonchev–Trinajstić information content (AvgIpc) is 2.56. The molecule has 0 amide bonds. The lowest BCUT2D eigenvalue weighted by Gasteiger charge is -2.55. The molecule has 0 aromatic heterocycles. The van der Waals surface area contributed by atoms with Crippen LogP contribution in [0.2, 0.25) is 0 Å². The first kappa shape index (κ1) is 15.1. The Morgan fingerprint density at radius 2 is 1.83 bits per heavy atom. The first-order valence-electron chi connectivity index (χ1n) is 8.58. The van der Waals surface area contributed by atoms with Gasteiger partial charge >= 0.3 is 5.97 Å². The van der Waals surface area contributed by atoms with Gasteiger partial charge in [0.1, 0.15) is 11.2 Å². The van der Waals surface area contributed by atoms with Crippen LogP contribution in [0.15, 0.2) is 54.6 Å². The highest BCUT2D eigenvalue weighted by atomic mass is 16.5. The quantitative estimate of drug-likeness (QED) is 0.481. The molecule has 3 heteroatoms. The molecule has 3 nitrogen and oxygen atoms in total. The summed E-state index contributed by atoms with van der Waals surface area (Å²) in [6, 6.07) is 17.8. The summed E-state index contributed by atoms with van der Waals surface area (Å²) in [5, 5.41) is 0. The van der Waals surface area contributed by atoms with E-state index >= 15 is 0 Å². The average molecular weight is 320 g/mol. The van der Waals surface area contributed by atoms with Crippen LogP contribution in [-0.4, -0.2) is 11.8 Å². The fraction of sp³-hybridized carbons (Fsp3) is 0.333. The van der Waals surface area contributed by atoms with E-state index in [1.807, 2.05) is 49.4 Å². The van der Waals surface area contributed by atoms with Crippen molar-refractivity contribution in [2.75, 3.05) is 0 Å². The number of esters is 1. The number of carbonyl (C=O) groups is 2. The molecule has 2 aliphatic rings. The third-order valence-electron chi connectivity index (χ3n) is 5.50. The topological polar surface area (TPSA) is 43.4 Å². The van der Waals surface area contributed by atoms with Crippen LogP contribution in [-0.2, 0) is 9.59 Å². The summed E-state index contributed by atoms with van der Waals surface area (Å²) in [5.41, 5.74) is 1.18. The zero-order valence-corrected chi connectivity index (χ0v) is 13.7. The molecule has 1 saturated carbocycles. The van der Waals surface area contributed by atoms with E-state index in [4.69, 9.17) is 4.74 Å². The Balaban J connectivity index is 1.83. The van der Waals surface area contributed by atoms with Crippen molar-refractivity contribution in [3.8, 4) is 5.75 Å². The molecule has 122 valence electrons. The predicted molar refractivity (Wildman–Crippen MR) is 91.0 cm³/mol. The van der Waals surface area contributed by atoms with Gasteiger partial charge in [-0.15, -0.1) is 0 Å². The summed E-state index contributed by atoms with van der Waals surface area (Å²) in [6.07, 6.45) is 1.72. The molecule has 3 atom stereocenters. The molecule has 24 heavy (non-hydrogen) atoms. The molecule has 0 saturated heterocycles. The first-order valence-corrected chi connectivity index (χ1v) is 8.58. The minimum absolute atomic E-state index is 0.0293. The number of rotatable bonds is 4. The van der Waals surface area contributed by atoms with Gasteiger partial charge in [0.15, 0.2) is 5.78 Å². The molecule has 2 aromatic rings. The monoisotopic (exact) mass is 320 g/mol. The van der Waals surface area contributed by atoms with Crippen LogP contribution in [0.5, 0.6) is 5.75 Å². The van der Waals surface area contributed by atoms with Crippen molar-refractivity contribution in [1.82, 2.24) is 0 Å². The molecule has 2 aromatic carbocycles. The molecule has 1 aliphatic heterocycles. The number of hydrogen-bond donors (Lipinski definition) is 0. The molecule has 4 rings (SSSR count). The second-order valence-electron chi connectivity index (χ2n) is 6.77. The summed E-state index contributed by atoms with van der Waals surface area (Å²) in [4.78, 5) is 25.7. The van der Waals surface area contributed by atoms with E-state index < -0.39 is 5.41 Å². The molecule has 0 spiro atoms. The molecule has 0 bridgehead atoms. The molecular formula is C21H20O3. The second-order valence-corrected chi connectivity index (χ2v) is 6.77. The van der Waals surface area contributed by atoms with Gasteiger partial charge in [0.05, 0.1) is 0 Å². The summed E-state index contributed by atoms with van der Waals surface area (Å²) in [5.74, 6) is 0.337. The number of carbonyl (C=O) groups excluding carboxylic acids is 2. The molecule has 0 N–H and O–H groups in total. The normalized spacial score (nSPS) is 27.5. The van der Waals surface area contributed by atoms with E-state index in [9.17, 15) is 9.59 Å². The van der Waals surface area contributed by atoms with Crippen molar-refractivity contribution in [2.24, 2.45) is 5.41 Å². The lowest BCUT2D eigenvalue weighted by molar-refractivity contribution is -0.165. The van der Waals surface area contributed by atoms with Gasteiger partial charge < -0.3 is 4.74 Å². The second kappa shape index (κ2) is 5.59. The van der Waals surface area contributed by atoms with Crippen molar-refractivity contribution in [3.63, 3.8) is 0 Å². The maximum atomic E-state index is 12.9. The third kappa shape index (κ3) is 1.97. The van der Waals surface area contributed by atoms with E-state index in [1.165, 1.54) is 5.56 Å². The molecule has 0 radical (unpaired) electrons. The Bertz CT molecular complexity index is 796. The van der Waals surface area contributed by atoms with Crippen LogP contribution in [0.1, 0.15) is 49.1 Å². The Hall–Kier alpha value is -2.42. The Morgan fingerprint density at radius 1 is 1.12 bits per heavy atom. The van der Waals surface area contributed by atoms with Crippen LogP contribution in [0, 0.1) is 5.41 Å². The largest absolute Gasteiger partial charge is 0.425 e. The van der Waals surface area contributed by atoms with Gasteiger partial charge in [-0.25, -0.2) is 0 Å². The summed E-state index contributed by atoms with van der Waals surface area (Å²) < 4.78 is 5.56. The summed E-state index contributed by atoms with van der Waals surface area (Å²) in [6.45, 7) is 1.97. The zero-order valence-electron chi connectivity index (χ0n) is 13.7. The highest BCUT2D eigenvalue weighted by Gasteiger charge is 2.66. The lowest BCUT2D eigenvalue weighted by Crippen LogP contribution is -2.59. The number of ether oxygens (including phenoxy) is 1. The number of fused-ring (bicyclic) bond motifs is 3. The van der Waals surface area contributed by atoms with Crippen LogP contribution < -0.4 is 4.74 Å². The van der Waals surface area contributed by atoms with Crippen LogP contribution >= 0.6 is 0 Å². The molecule has 1 aliphatic carbocycles. The van der Waals surface area contributed by atoms with E-state index in [0.717, 1.165) is 12.0 Å². The molecular weight excluding hydrogens is 300 g/mol. The number of para-hydroxylation sites is 1. The number of benzene rings is 2. The van der Waals surface area contributed by atoms with Gasteiger partial charge in [-0.1, -0.05) is 55.5 Å². The van der Waals surface area contributed by atoms with Crippen molar-refractivity contribution >= 4 is 11.8 Å². The predicted octanol–water partition coefficient (Wildman–Crippen LogP) is 4.23. The van der Waals surface area contributed by atoms with Crippen LogP contribution in [0.25, 0.3) is 0 Å². The number of hydrogen-bond acceptors (Lipinski definition) is 3. The first-order chi connectivity index (χ1) is 11.7. The lowest BCUT2D eigenvalue weighted by atomic mass is 9.47. The number of ketones is 1. The fourth-order valence-corrected chi connectivity index (χ4v) is 4.35. The van der Waals surface area contributed by atoms with Gasteiger partial charge in [-0.05, 0) is 30.4 Å². The minimum atomic E-state index is -0.995. The smallest absolute Gasteiger partial charge is 0.325 e. The Morgan fingerprint density at radius 3 is 2.58 bits per heavy atom. The molecule has 1 heterocycles. The Labute approximate surface area is 141 Å². The SMILES string of the molecule is CCCC(=O)[C@]12C[C@H](c3ccccc3)[C@H]1c1ccccc1OC2=O. The van der Waals surface area contributed by atoms with Gasteiger partial charge in [-0.2, -0.15) is 0 Å². The van der Waals surface area contributed by atoms with Crippen molar-refractivity contribution in [2.45, 2.75) is 38.0 Å². The summed E-state index contributed by atoms with van der Waals surface area (Å²) in [7, 11) is 0. The highest BCUT2D eigenvalue weighted by Crippen LogP contribution is 2.66. The molecule has 1 fully saturated rings. The number of Topliss-reactive ketones (excluding diaryl/α,β-unsaturated/α-hetero) is 1. The summed E-state index contributed by atoms with van der Waals surface area (Å²) >= 11 is 0. The van der Waals surface area contributed by atoms with E-state index in [0.29, 0.717) is 18.6 Å². The zero-order chi connectivity index (χ0) is 16.7. The van der Waals surface area contributed by atoms with Crippen LogP contribution in [0.3, 0.4) is 0 Å². The standard InChI is InChI=1S/C21H20O3/c1-2-8-18(22)21-13-16(14-9-4-3-5-10-14)19(21)15-11-6-7-12-17(15)24-20(21)23/h3-7,9-12,16,19H,2,8,13H2,1H3/t16-,19-,21-/m1/s1. The van der Waals surface area contributed by atoms with Gasteiger partial charge in [-0.3, -0.25) is 9.59 Å². The van der Waals surface area contributed by atoms with Gasteiger partial charge in [0, 0.05) is 17.9 Å².